The summed E-state index contributed by atoms with van der Waals surface area (Å²) in [4.78, 5) is 16.2. The molecular formula is C11H15N3O3. The first-order valence-corrected chi connectivity index (χ1v) is 5.52. The van der Waals surface area contributed by atoms with Crippen LogP contribution in [0.2, 0.25) is 0 Å². The summed E-state index contributed by atoms with van der Waals surface area (Å²) >= 11 is 0. The van der Waals surface area contributed by atoms with Gasteiger partial charge in [0, 0.05) is 32.0 Å². The van der Waals surface area contributed by atoms with Gasteiger partial charge < -0.3 is 20.5 Å². The summed E-state index contributed by atoms with van der Waals surface area (Å²) in [6, 6.07) is 5.23. The van der Waals surface area contributed by atoms with Crippen LogP contribution in [-0.2, 0) is 0 Å². The Morgan fingerprint density at radius 1 is 1.47 bits per heavy atom. The molecule has 1 saturated heterocycles. The number of hydrogen-bond acceptors (Lipinski definition) is 4. The molecule has 0 unspecified atom stereocenters. The van der Waals surface area contributed by atoms with Gasteiger partial charge in [0.2, 0.25) is 5.88 Å². The van der Waals surface area contributed by atoms with E-state index >= 15 is 0 Å². The lowest BCUT2D eigenvalue weighted by Crippen LogP contribution is -2.41. The first-order chi connectivity index (χ1) is 8.15. The van der Waals surface area contributed by atoms with Crippen LogP contribution in [-0.4, -0.2) is 40.3 Å². The number of anilines is 1. The molecule has 1 aromatic rings. The molecule has 1 fully saturated rings. The molecule has 1 aliphatic rings. The van der Waals surface area contributed by atoms with Crippen molar-refractivity contribution in [3.8, 4) is 5.88 Å². The average molecular weight is 237 g/mol. The first kappa shape index (κ1) is 11.5. The molecule has 17 heavy (non-hydrogen) atoms. The molecule has 1 aliphatic heterocycles. The Morgan fingerprint density at radius 2 is 2.18 bits per heavy atom. The number of amides is 1. The van der Waals surface area contributed by atoms with Crippen LogP contribution in [0.25, 0.3) is 0 Å². The summed E-state index contributed by atoms with van der Waals surface area (Å²) in [5.74, 6) is 0.921. The molecule has 1 amide bonds. The normalized spacial score (nSPS) is 16.8. The van der Waals surface area contributed by atoms with Gasteiger partial charge in [-0.2, -0.15) is 4.98 Å². The van der Waals surface area contributed by atoms with E-state index in [2.05, 4.69) is 4.98 Å². The molecule has 6 heteroatoms. The largest absolute Gasteiger partial charge is 0.474 e. The number of ether oxygens (including phenoxy) is 1. The lowest BCUT2D eigenvalue weighted by molar-refractivity contribution is 0.0872. The predicted molar refractivity (Wildman–Crippen MR) is 61.9 cm³/mol. The number of nitrogens with two attached hydrogens (primary N) is 1. The number of aromatic nitrogens is 1. The third-order valence-corrected chi connectivity index (χ3v) is 2.74. The second kappa shape index (κ2) is 4.90. The molecule has 2 rings (SSSR count). The predicted octanol–water partition coefficient (Wildman–Crippen LogP) is 1.19. The van der Waals surface area contributed by atoms with E-state index in [1.54, 1.807) is 18.2 Å². The van der Waals surface area contributed by atoms with E-state index in [4.69, 9.17) is 15.6 Å². The molecule has 0 bridgehead atoms. The minimum atomic E-state index is -0.870. The molecule has 0 aromatic carbocycles. The fraction of sp³-hybridized carbons (Fsp3) is 0.455. The number of nitrogen functional groups attached to an aromatic ring is 1. The van der Waals surface area contributed by atoms with Crippen LogP contribution < -0.4 is 10.5 Å². The Bertz CT molecular complexity index is 403. The summed E-state index contributed by atoms with van der Waals surface area (Å²) in [5.41, 5.74) is 5.55. The molecule has 0 atom stereocenters. The van der Waals surface area contributed by atoms with Gasteiger partial charge in [0.25, 0.3) is 0 Å². The van der Waals surface area contributed by atoms with Gasteiger partial charge in [-0.15, -0.1) is 0 Å². The van der Waals surface area contributed by atoms with Crippen LogP contribution in [0.15, 0.2) is 18.2 Å². The summed E-state index contributed by atoms with van der Waals surface area (Å²) in [7, 11) is 0. The minimum absolute atomic E-state index is 0.0138. The van der Waals surface area contributed by atoms with Crippen LogP contribution in [0.4, 0.5) is 10.6 Å². The highest BCUT2D eigenvalue weighted by Crippen LogP contribution is 2.17. The van der Waals surface area contributed by atoms with Gasteiger partial charge in [0.05, 0.1) is 0 Å². The minimum Gasteiger partial charge on any atom is -0.474 e. The highest BCUT2D eigenvalue weighted by atomic mass is 16.5. The second-order valence-corrected chi connectivity index (χ2v) is 3.99. The van der Waals surface area contributed by atoms with Crippen molar-refractivity contribution in [1.29, 1.82) is 0 Å². The van der Waals surface area contributed by atoms with Crippen molar-refractivity contribution in [2.45, 2.75) is 18.9 Å². The van der Waals surface area contributed by atoms with Crippen molar-refractivity contribution >= 4 is 11.9 Å². The van der Waals surface area contributed by atoms with Crippen LogP contribution in [0.5, 0.6) is 5.88 Å². The maximum absolute atomic E-state index is 10.7. The maximum Gasteiger partial charge on any atom is 0.407 e. The second-order valence-electron chi connectivity index (χ2n) is 3.99. The number of rotatable bonds is 2. The summed E-state index contributed by atoms with van der Waals surface area (Å²) in [6.45, 7) is 1.00. The Balaban J connectivity index is 1.88. The van der Waals surface area contributed by atoms with E-state index in [0.29, 0.717) is 37.6 Å². The zero-order valence-electron chi connectivity index (χ0n) is 9.37. The lowest BCUT2D eigenvalue weighted by Gasteiger charge is -2.29. The molecule has 0 radical (unpaired) electrons. The molecule has 0 aliphatic carbocycles. The Hall–Kier alpha value is -1.98. The van der Waals surface area contributed by atoms with E-state index in [1.165, 1.54) is 4.90 Å². The van der Waals surface area contributed by atoms with Crippen molar-refractivity contribution in [2.75, 3.05) is 18.8 Å². The number of pyridine rings is 1. The van der Waals surface area contributed by atoms with Crippen molar-refractivity contribution < 1.29 is 14.6 Å². The van der Waals surface area contributed by atoms with Crippen molar-refractivity contribution in [3.63, 3.8) is 0 Å². The fourth-order valence-electron chi connectivity index (χ4n) is 1.83. The molecule has 3 N–H and O–H groups in total. The number of likely N-dealkylation sites (tertiary alicyclic amines) is 1. The third kappa shape index (κ3) is 2.99. The lowest BCUT2D eigenvalue weighted by atomic mass is 10.1. The first-order valence-electron chi connectivity index (χ1n) is 5.52. The summed E-state index contributed by atoms with van der Waals surface area (Å²) in [6.07, 6.45) is 0.511. The Labute approximate surface area is 99.0 Å². The standard InChI is InChI=1S/C11H15N3O3/c12-9-2-1-3-10(13-9)17-8-4-6-14(7-5-8)11(15)16/h1-3,8H,4-7H2,(H2,12,13)(H,15,16). The topological polar surface area (TPSA) is 88.7 Å². The van der Waals surface area contributed by atoms with Crippen LogP contribution in [0.3, 0.4) is 0 Å². The quantitative estimate of drug-likeness (QED) is 0.806. The Morgan fingerprint density at radius 3 is 2.76 bits per heavy atom. The third-order valence-electron chi connectivity index (χ3n) is 2.74. The molecule has 0 spiro atoms. The Kier molecular flexibility index (Phi) is 3.32. The van der Waals surface area contributed by atoms with Crippen LogP contribution in [0.1, 0.15) is 12.8 Å². The number of nitrogens with zero attached hydrogens (tertiary/aromatic N) is 2. The van der Waals surface area contributed by atoms with Gasteiger partial charge in [-0.25, -0.2) is 4.79 Å². The van der Waals surface area contributed by atoms with Gasteiger partial charge in [0.15, 0.2) is 0 Å². The van der Waals surface area contributed by atoms with E-state index in [-0.39, 0.29) is 6.10 Å². The number of carboxylic acid groups (broad SMARTS) is 1. The number of hydrogen-bond donors (Lipinski definition) is 2. The SMILES string of the molecule is Nc1cccc(OC2CCN(C(=O)O)CC2)n1. The van der Waals surface area contributed by atoms with Gasteiger partial charge in [-0.1, -0.05) is 6.07 Å². The van der Waals surface area contributed by atoms with Crippen molar-refractivity contribution in [3.05, 3.63) is 18.2 Å². The number of piperidine rings is 1. The average Bonchev–Trinajstić information content (AvgIpc) is 2.29. The van der Waals surface area contributed by atoms with Crippen molar-refractivity contribution in [1.82, 2.24) is 9.88 Å². The smallest absolute Gasteiger partial charge is 0.407 e. The molecule has 0 saturated carbocycles. The van der Waals surface area contributed by atoms with Gasteiger partial charge in [-0.05, 0) is 6.07 Å². The van der Waals surface area contributed by atoms with Gasteiger partial charge >= 0.3 is 6.09 Å². The van der Waals surface area contributed by atoms with E-state index in [1.807, 2.05) is 0 Å². The molecular weight excluding hydrogens is 222 g/mol. The van der Waals surface area contributed by atoms with Gasteiger partial charge in [-0.3, -0.25) is 0 Å². The van der Waals surface area contributed by atoms with Crippen LogP contribution in [0, 0.1) is 0 Å². The molecule has 6 nitrogen and oxygen atoms in total. The van der Waals surface area contributed by atoms with E-state index in [9.17, 15) is 4.79 Å². The van der Waals surface area contributed by atoms with E-state index in [0.717, 1.165) is 0 Å². The molecule has 1 aromatic heterocycles. The highest BCUT2D eigenvalue weighted by molar-refractivity contribution is 5.65. The maximum atomic E-state index is 10.7. The van der Waals surface area contributed by atoms with E-state index < -0.39 is 6.09 Å². The van der Waals surface area contributed by atoms with Crippen LogP contribution >= 0.6 is 0 Å². The van der Waals surface area contributed by atoms with Gasteiger partial charge in [0.1, 0.15) is 11.9 Å². The summed E-state index contributed by atoms with van der Waals surface area (Å²) < 4.78 is 5.65. The number of carbonyl (C=O) groups is 1. The van der Waals surface area contributed by atoms with Crippen molar-refractivity contribution in [2.24, 2.45) is 0 Å². The zero-order valence-corrected chi connectivity index (χ0v) is 9.37. The molecule has 92 valence electrons. The highest BCUT2D eigenvalue weighted by Gasteiger charge is 2.23. The monoisotopic (exact) mass is 237 g/mol. The zero-order chi connectivity index (χ0) is 12.3. The fourth-order valence-corrected chi connectivity index (χ4v) is 1.83. The molecule has 2 heterocycles. The summed E-state index contributed by atoms with van der Waals surface area (Å²) in [5, 5.41) is 8.81.